The first-order valence-electron chi connectivity index (χ1n) is 4.18. The Morgan fingerprint density at radius 2 is 2.06 bits per heavy atom. The van der Waals surface area contributed by atoms with E-state index in [1.807, 2.05) is 0 Å². The molecule has 0 saturated heterocycles. The van der Waals surface area contributed by atoms with Gasteiger partial charge in [-0.3, -0.25) is 0 Å². The number of hydrogen-bond acceptors (Lipinski definition) is 3. The van der Waals surface area contributed by atoms with Gasteiger partial charge in [-0.1, -0.05) is 11.6 Å². The Hall–Kier alpha value is -1.49. The smallest absolute Gasteiger partial charge is 0.130 e. The number of nitriles is 2. The predicted octanol–water partition coefficient (Wildman–Crippen LogP) is 3.54. The van der Waals surface area contributed by atoms with E-state index in [-0.39, 0.29) is 5.57 Å². The Kier molecular flexibility index (Phi) is 4.37. The molecule has 0 aliphatic carbocycles. The van der Waals surface area contributed by atoms with Gasteiger partial charge in [-0.05, 0) is 34.1 Å². The predicted molar refractivity (Wildman–Crippen MR) is 64.9 cm³/mol. The first-order chi connectivity index (χ1) is 7.63. The van der Waals surface area contributed by atoms with Crippen LogP contribution in [0.4, 0.5) is 0 Å². The van der Waals surface area contributed by atoms with Crippen molar-refractivity contribution in [3.8, 4) is 17.9 Å². The zero-order valence-electron chi connectivity index (χ0n) is 8.29. The molecule has 80 valence electrons. The molecule has 1 rings (SSSR count). The Labute approximate surface area is 107 Å². The normalized spacial score (nSPS) is 8.81. The Bertz CT molecular complexity index is 510. The van der Waals surface area contributed by atoms with Crippen molar-refractivity contribution in [2.75, 3.05) is 7.11 Å². The highest BCUT2D eigenvalue weighted by molar-refractivity contribution is 9.10. The van der Waals surface area contributed by atoms with Gasteiger partial charge >= 0.3 is 0 Å². The van der Waals surface area contributed by atoms with Gasteiger partial charge in [0.1, 0.15) is 23.5 Å². The van der Waals surface area contributed by atoms with Gasteiger partial charge in [-0.2, -0.15) is 10.5 Å². The average molecular weight is 298 g/mol. The van der Waals surface area contributed by atoms with E-state index in [0.29, 0.717) is 20.8 Å². The van der Waals surface area contributed by atoms with Crippen molar-refractivity contribution in [1.29, 1.82) is 10.5 Å². The number of benzene rings is 1. The quantitative estimate of drug-likeness (QED) is 0.784. The maximum atomic E-state index is 8.67. The summed E-state index contributed by atoms with van der Waals surface area (Å²) in [6.45, 7) is 0. The zero-order chi connectivity index (χ0) is 12.1. The van der Waals surface area contributed by atoms with E-state index in [0.717, 1.165) is 0 Å². The van der Waals surface area contributed by atoms with E-state index in [1.165, 1.54) is 13.2 Å². The van der Waals surface area contributed by atoms with Gasteiger partial charge in [-0.25, -0.2) is 0 Å². The summed E-state index contributed by atoms with van der Waals surface area (Å²) in [4.78, 5) is 0. The molecule has 0 fully saturated rings. The second kappa shape index (κ2) is 5.55. The number of methoxy groups -OCH3 is 1. The van der Waals surface area contributed by atoms with E-state index in [9.17, 15) is 0 Å². The summed E-state index contributed by atoms with van der Waals surface area (Å²) in [5, 5.41) is 17.8. The summed E-state index contributed by atoms with van der Waals surface area (Å²) < 4.78 is 5.78. The molecule has 0 heterocycles. The molecule has 3 nitrogen and oxygen atoms in total. The molecule has 0 bridgehead atoms. The van der Waals surface area contributed by atoms with Crippen LogP contribution in [0, 0.1) is 22.7 Å². The van der Waals surface area contributed by atoms with E-state index in [1.54, 1.807) is 24.3 Å². The van der Waals surface area contributed by atoms with Gasteiger partial charge in [0.15, 0.2) is 0 Å². The molecule has 16 heavy (non-hydrogen) atoms. The number of ether oxygens (including phenoxy) is 1. The topological polar surface area (TPSA) is 56.8 Å². The van der Waals surface area contributed by atoms with Crippen molar-refractivity contribution in [3.05, 3.63) is 32.8 Å². The van der Waals surface area contributed by atoms with Crippen LogP contribution in [0.5, 0.6) is 5.75 Å². The van der Waals surface area contributed by atoms with Crippen LogP contribution in [0.3, 0.4) is 0 Å². The Morgan fingerprint density at radius 3 is 2.56 bits per heavy atom. The number of rotatable bonds is 2. The summed E-state index contributed by atoms with van der Waals surface area (Å²) in [7, 11) is 1.50. The SMILES string of the molecule is COc1ccc(Br)c(Cl)c1C=C(C#N)C#N. The van der Waals surface area contributed by atoms with Gasteiger partial charge in [0.25, 0.3) is 0 Å². The largest absolute Gasteiger partial charge is 0.496 e. The molecule has 0 radical (unpaired) electrons. The van der Waals surface area contributed by atoms with Crippen molar-refractivity contribution in [1.82, 2.24) is 0 Å². The molecular weight excluding hydrogens is 291 g/mol. The van der Waals surface area contributed by atoms with Crippen LogP contribution in [0.1, 0.15) is 5.56 Å². The number of nitrogens with zero attached hydrogens (tertiary/aromatic N) is 2. The third-order valence-electron chi connectivity index (χ3n) is 1.84. The van der Waals surface area contributed by atoms with E-state index < -0.39 is 0 Å². The maximum Gasteiger partial charge on any atom is 0.130 e. The van der Waals surface area contributed by atoms with Crippen LogP contribution >= 0.6 is 27.5 Å². The van der Waals surface area contributed by atoms with Gasteiger partial charge in [0.2, 0.25) is 0 Å². The van der Waals surface area contributed by atoms with Gasteiger partial charge < -0.3 is 4.74 Å². The van der Waals surface area contributed by atoms with Gasteiger partial charge in [-0.15, -0.1) is 0 Å². The van der Waals surface area contributed by atoms with Crippen LogP contribution in [0.15, 0.2) is 22.2 Å². The second-order valence-electron chi connectivity index (χ2n) is 2.76. The van der Waals surface area contributed by atoms with Crippen molar-refractivity contribution >= 4 is 33.6 Å². The van der Waals surface area contributed by atoms with Crippen molar-refractivity contribution in [2.45, 2.75) is 0 Å². The van der Waals surface area contributed by atoms with E-state index >= 15 is 0 Å². The summed E-state index contributed by atoms with van der Waals surface area (Å²) in [5.74, 6) is 0.510. The van der Waals surface area contributed by atoms with Crippen molar-refractivity contribution < 1.29 is 4.74 Å². The molecule has 0 aliphatic rings. The summed E-state index contributed by atoms with van der Waals surface area (Å²) in [6.07, 6.45) is 1.39. The van der Waals surface area contributed by atoms with Crippen molar-refractivity contribution in [2.24, 2.45) is 0 Å². The third kappa shape index (κ3) is 2.55. The highest BCUT2D eigenvalue weighted by Gasteiger charge is 2.10. The molecule has 0 unspecified atom stereocenters. The minimum Gasteiger partial charge on any atom is -0.496 e. The van der Waals surface area contributed by atoms with Crippen LogP contribution in [0.25, 0.3) is 6.08 Å². The molecule has 1 aromatic rings. The minimum atomic E-state index is -0.0294. The standard InChI is InChI=1S/C11H6BrClN2O/c1-16-10-3-2-9(12)11(13)8(10)4-7(5-14)6-15/h2-4H,1H3. The monoisotopic (exact) mass is 296 g/mol. The first kappa shape index (κ1) is 12.6. The lowest BCUT2D eigenvalue weighted by atomic mass is 10.1. The Balaban J connectivity index is 3.44. The van der Waals surface area contributed by atoms with Gasteiger partial charge in [0, 0.05) is 10.0 Å². The fraction of sp³-hybridized carbons (Fsp3) is 0.0909. The molecule has 0 atom stereocenters. The number of allylic oxidation sites excluding steroid dienone is 1. The zero-order valence-corrected chi connectivity index (χ0v) is 10.6. The highest BCUT2D eigenvalue weighted by Crippen LogP contribution is 2.34. The molecule has 0 saturated carbocycles. The summed E-state index contributed by atoms with van der Waals surface area (Å²) >= 11 is 9.31. The third-order valence-corrected chi connectivity index (χ3v) is 3.14. The summed E-state index contributed by atoms with van der Waals surface area (Å²) in [6, 6.07) is 6.97. The number of hydrogen-bond donors (Lipinski definition) is 0. The highest BCUT2D eigenvalue weighted by atomic mass is 79.9. The fourth-order valence-electron chi connectivity index (χ4n) is 1.09. The van der Waals surface area contributed by atoms with Crippen molar-refractivity contribution in [3.63, 3.8) is 0 Å². The second-order valence-corrected chi connectivity index (χ2v) is 3.99. The van der Waals surface area contributed by atoms with Gasteiger partial charge in [0.05, 0.1) is 12.1 Å². The van der Waals surface area contributed by atoms with E-state index in [2.05, 4.69) is 15.9 Å². The molecule has 1 aromatic carbocycles. The molecule has 0 N–H and O–H groups in total. The molecule has 0 aromatic heterocycles. The molecule has 0 aliphatic heterocycles. The molecular formula is C11H6BrClN2O. The lowest BCUT2D eigenvalue weighted by molar-refractivity contribution is 0.414. The first-order valence-corrected chi connectivity index (χ1v) is 5.35. The molecule has 0 spiro atoms. The van der Waals surface area contributed by atoms with Crippen LogP contribution in [-0.2, 0) is 0 Å². The molecule has 5 heteroatoms. The molecule has 0 amide bonds. The number of halogens is 2. The fourth-order valence-corrected chi connectivity index (χ4v) is 1.65. The summed E-state index contributed by atoms with van der Waals surface area (Å²) in [5.41, 5.74) is 0.481. The average Bonchev–Trinajstić information content (AvgIpc) is 2.31. The Morgan fingerprint density at radius 1 is 1.44 bits per heavy atom. The van der Waals surface area contributed by atoms with Crippen LogP contribution in [-0.4, -0.2) is 7.11 Å². The minimum absolute atomic E-state index is 0.0294. The van der Waals surface area contributed by atoms with Crippen LogP contribution < -0.4 is 4.74 Å². The lowest BCUT2D eigenvalue weighted by Gasteiger charge is -2.07. The van der Waals surface area contributed by atoms with E-state index in [4.69, 9.17) is 26.9 Å². The lowest BCUT2D eigenvalue weighted by Crippen LogP contribution is -1.89. The van der Waals surface area contributed by atoms with Crippen LogP contribution in [0.2, 0.25) is 5.02 Å². The maximum absolute atomic E-state index is 8.67.